The Kier molecular flexibility index (Phi) is 4.51. The van der Waals surface area contributed by atoms with E-state index in [1.165, 1.54) is 0 Å². The van der Waals surface area contributed by atoms with Gasteiger partial charge in [-0.15, -0.1) is 0 Å². The van der Waals surface area contributed by atoms with E-state index in [1.807, 2.05) is 6.92 Å². The van der Waals surface area contributed by atoms with Crippen LogP contribution in [0, 0.1) is 5.92 Å². The molecule has 1 saturated carbocycles. The van der Waals surface area contributed by atoms with Crippen LogP contribution in [0.5, 0.6) is 0 Å². The van der Waals surface area contributed by atoms with Crippen LogP contribution in [0.25, 0.3) is 0 Å². The Balaban J connectivity index is 1.72. The average Bonchev–Trinajstić information content (AvgIpc) is 2.48. The van der Waals surface area contributed by atoms with Gasteiger partial charge in [-0.2, -0.15) is 0 Å². The van der Waals surface area contributed by atoms with Crippen LogP contribution >= 0.6 is 0 Å². The van der Waals surface area contributed by atoms with Gasteiger partial charge in [0.25, 0.3) is 0 Å². The van der Waals surface area contributed by atoms with Gasteiger partial charge in [-0.05, 0) is 46.0 Å². The van der Waals surface area contributed by atoms with E-state index in [2.05, 4.69) is 13.8 Å². The van der Waals surface area contributed by atoms with E-state index in [9.17, 15) is 20.4 Å². The van der Waals surface area contributed by atoms with Crippen molar-refractivity contribution in [1.82, 2.24) is 0 Å². The average molecular weight is 332 g/mol. The minimum atomic E-state index is -1.42. The van der Waals surface area contributed by atoms with Crippen LogP contribution in [0.1, 0.15) is 40.0 Å². The van der Waals surface area contributed by atoms with Gasteiger partial charge in [0.2, 0.25) is 0 Å². The topological polar surface area (TPSA) is 109 Å². The first-order chi connectivity index (χ1) is 10.7. The summed E-state index contributed by atoms with van der Waals surface area (Å²) in [7, 11) is 0. The zero-order chi connectivity index (χ0) is 17.0. The van der Waals surface area contributed by atoms with Crippen LogP contribution in [-0.4, -0.2) is 75.0 Å². The van der Waals surface area contributed by atoms with E-state index in [4.69, 9.17) is 14.2 Å². The number of hydrogen-bond donors (Lipinski definition) is 4. The molecule has 4 rings (SSSR count). The van der Waals surface area contributed by atoms with Crippen molar-refractivity contribution in [2.24, 2.45) is 5.92 Å². The standard InChI is InChI=1S/C16H28O7/c1-15(2)8-4-5-16(3,23-15)10(6-8)22-14-13(20)12(19)11(18)9(7-17)21-14/h8-14,17-20H,4-7H2,1-3H3/t8-,9?,10+,11?,12?,13?,14?,16+/m1/s1. The molecule has 4 N–H and O–H groups in total. The Labute approximate surface area is 136 Å². The molecule has 5 unspecified atom stereocenters. The van der Waals surface area contributed by atoms with Crippen LogP contribution < -0.4 is 0 Å². The summed E-state index contributed by atoms with van der Waals surface area (Å²) in [5.74, 6) is 0.360. The van der Waals surface area contributed by atoms with Gasteiger partial charge in [-0.1, -0.05) is 0 Å². The van der Waals surface area contributed by atoms with Crippen LogP contribution in [0.15, 0.2) is 0 Å². The summed E-state index contributed by atoms with van der Waals surface area (Å²) in [6.07, 6.45) is -3.76. The molecular formula is C16H28O7. The van der Waals surface area contributed by atoms with Crippen LogP contribution in [-0.2, 0) is 14.2 Å². The number of aliphatic hydroxyl groups excluding tert-OH is 4. The fourth-order valence-corrected chi connectivity index (χ4v) is 4.22. The highest BCUT2D eigenvalue weighted by Crippen LogP contribution is 2.51. The second-order valence-electron chi connectivity index (χ2n) is 7.81. The van der Waals surface area contributed by atoms with Crippen molar-refractivity contribution in [3.8, 4) is 0 Å². The third-order valence-electron chi connectivity index (χ3n) is 5.80. The molecule has 134 valence electrons. The van der Waals surface area contributed by atoms with E-state index < -0.39 is 42.9 Å². The lowest BCUT2D eigenvalue weighted by molar-refractivity contribution is -0.353. The molecule has 23 heavy (non-hydrogen) atoms. The summed E-state index contributed by atoms with van der Waals surface area (Å²) in [6.45, 7) is 5.70. The molecule has 2 bridgehead atoms. The molecule has 3 heterocycles. The molecule has 3 saturated heterocycles. The first kappa shape index (κ1) is 17.5. The second kappa shape index (κ2) is 5.91. The molecule has 4 aliphatic rings. The molecule has 0 radical (unpaired) electrons. The molecule has 0 spiro atoms. The van der Waals surface area contributed by atoms with Crippen LogP contribution in [0.4, 0.5) is 0 Å². The molecule has 7 heteroatoms. The van der Waals surface area contributed by atoms with Crippen molar-refractivity contribution in [2.75, 3.05) is 6.61 Å². The number of fused-ring (bicyclic) bond motifs is 3. The highest BCUT2D eigenvalue weighted by Gasteiger charge is 2.56. The predicted octanol–water partition coefficient (Wildman–Crippen LogP) is -0.461. The fourth-order valence-electron chi connectivity index (χ4n) is 4.22. The third kappa shape index (κ3) is 2.93. The summed E-state index contributed by atoms with van der Waals surface area (Å²) >= 11 is 0. The fraction of sp³-hybridized carbons (Fsp3) is 1.00. The summed E-state index contributed by atoms with van der Waals surface area (Å²) in [6, 6.07) is 0. The number of ether oxygens (including phenoxy) is 3. The molecule has 0 aromatic carbocycles. The van der Waals surface area contributed by atoms with Gasteiger partial charge >= 0.3 is 0 Å². The van der Waals surface area contributed by atoms with Gasteiger partial charge in [0.15, 0.2) is 6.29 Å². The Morgan fingerprint density at radius 1 is 1.09 bits per heavy atom. The quantitative estimate of drug-likeness (QED) is 0.554. The highest BCUT2D eigenvalue weighted by molar-refractivity contribution is 5.04. The first-order valence-corrected chi connectivity index (χ1v) is 8.34. The van der Waals surface area contributed by atoms with Gasteiger partial charge in [-0.3, -0.25) is 0 Å². The third-order valence-corrected chi connectivity index (χ3v) is 5.80. The van der Waals surface area contributed by atoms with E-state index in [-0.39, 0.29) is 11.7 Å². The van der Waals surface area contributed by atoms with Gasteiger partial charge in [0, 0.05) is 0 Å². The zero-order valence-electron chi connectivity index (χ0n) is 13.9. The lowest BCUT2D eigenvalue weighted by Crippen LogP contribution is -2.65. The van der Waals surface area contributed by atoms with Crippen molar-refractivity contribution < 1.29 is 34.6 Å². The molecule has 0 amide bonds. The summed E-state index contributed by atoms with van der Waals surface area (Å²) in [5.41, 5.74) is -0.681. The largest absolute Gasteiger partial charge is 0.394 e. The molecule has 0 aromatic heterocycles. The lowest BCUT2D eigenvalue weighted by Gasteiger charge is -2.58. The number of aliphatic hydroxyl groups is 4. The molecular weight excluding hydrogens is 304 g/mol. The van der Waals surface area contributed by atoms with E-state index >= 15 is 0 Å². The minimum Gasteiger partial charge on any atom is -0.394 e. The van der Waals surface area contributed by atoms with E-state index in [0.29, 0.717) is 5.92 Å². The number of hydrogen-bond acceptors (Lipinski definition) is 7. The number of rotatable bonds is 3. The predicted molar refractivity (Wildman–Crippen MR) is 79.6 cm³/mol. The van der Waals surface area contributed by atoms with Crippen LogP contribution in [0.2, 0.25) is 0 Å². The Hall–Kier alpha value is -0.280. The van der Waals surface area contributed by atoms with Crippen molar-refractivity contribution in [1.29, 1.82) is 0 Å². The van der Waals surface area contributed by atoms with Crippen LogP contribution in [0.3, 0.4) is 0 Å². The van der Waals surface area contributed by atoms with Crippen molar-refractivity contribution in [3.05, 3.63) is 0 Å². The summed E-state index contributed by atoms with van der Waals surface area (Å²) in [4.78, 5) is 0. The van der Waals surface area contributed by atoms with E-state index in [0.717, 1.165) is 19.3 Å². The smallest absolute Gasteiger partial charge is 0.187 e. The monoisotopic (exact) mass is 332 g/mol. The first-order valence-electron chi connectivity index (χ1n) is 8.34. The minimum absolute atomic E-state index is 0.206. The Morgan fingerprint density at radius 3 is 2.35 bits per heavy atom. The van der Waals surface area contributed by atoms with Gasteiger partial charge in [-0.25, -0.2) is 0 Å². The molecule has 7 nitrogen and oxygen atoms in total. The van der Waals surface area contributed by atoms with Crippen molar-refractivity contribution in [2.45, 2.75) is 88.0 Å². The van der Waals surface area contributed by atoms with Gasteiger partial charge in [0.1, 0.15) is 24.4 Å². The van der Waals surface area contributed by atoms with Gasteiger partial charge in [0.05, 0.1) is 23.9 Å². The molecule has 0 aromatic rings. The summed E-state index contributed by atoms with van der Waals surface area (Å²) < 4.78 is 17.6. The second-order valence-corrected chi connectivity index (χ2v) is 7.81. The van der Waals surface area contributed by atoms with E-state index in [1.54, 1.807) is 0 Å². The Morgan fingerprint density at radius 2 is 1.78 bits per heavy atom. The highest BCUT2D eigenvalue weighted by atomic mass is 16.7. The maximum atomic E-state index is 10.1. The normalized spacial score (nSPS) is 52.6. The molecule has 8 atom stereocenters. The summed E-state index contributed by atoms with van der Waals surface area (Å²) in [5, 5.41) is 39.1. The molecule has 4 fully saturated rings. The van der Waals surface area contributed by atoms with Crippen molar-refractivity contribution >= 4 is 0 Å². The zero-order valence-corrected chi connectivity index (χ0v) is 13.9. The lowest BCUT2D eigenvalue weighted by atomic mass is 9.67. The molecule has 3 aliphatic heterocycles. The van der Waals surface area contributed by atoms with Gasteiger partial charge < -0.3 is 34.6 Å². The van der Waals surface area contributed by atoms with Crippen molar-refractivity contribution in [3.63, 3.8) is 0 Å². The SMILES string of the molecule is CC1(C)O[C@@]2(C)CC[C@@H]1C[C@@H]2OC1OC(CO)C(O)C(O)C1O. The maximum absolute atomic E-state index is 10.1. The molecule has 1 aliphatic carbocycles. The Bertz CT molecular complexity index is 440. The maximum Gasteiger partial charge on any atom is 0.187 e.